The van der Waals surface area contributed by atoms with Crippen LogP contribution in [0.3, 0.4) is 0 Å². The molecule has 5 nitrogen and oxygen atoms in total. The highest BCUT2D eigenvalue weighted by Crippen LogP contribution is 2.45. The summed E-state index contributed by atoms with van der Waals surface area (Å²) in [5.74, 6) is -0.0886. The fourth-order valence-corrected chi connectivity index (χ4v) is 5.31. The van der Waals surface area contributed by atoms with Gasteiger partial charge in [-0.15, -0.1) is 5.10 Å². The Labute approximate surface area is 192 Å². The molecule has 1 atom stereocenters. The summed E-state index contributed by atoms with van der Waals surface area (Å²) in [5.41, 5.74) is 1.15. The number of aryl methyl sites for hydroxylation is 1. The second kappa shape index (κ2) is 8.06. The van der Waals surface area contributed by atoms with Gasteiger partial charge in [0.05, 0.1) is 17.8 Å². The largest absolute Gasteiger partial charge is 0.416 e. The van der Waals surface area contributed by atoms with Crippen molar-refractivity contribution in [1.82, 2.24) is 9.59 Å². The Hall–Kier alpha value is -3.07. The molecule has 0 spiro atoms. The van der Waals surface area contributed by atoms with Crippen LogP contribution in [0.25, 0.3) is 0 Å². The molecule has 5 rings (SSSR count). The summed E-state index contributed by atoms with van der Waals surface area (Å²) in [6, 6.07) is 9.45. The maximum Gasteiger partial charge on any atom is 0.416 e. The van der Waals surface area contributed by atoms with Crippen LogP contribution in [0.5, 0.6) is 0 Å². The molecule has 33 heavy (non-hydrogen) atoms. The third kappa shape index (κ3) is 3.74. The number of fused-ring (bicyclic) bond motifs is 1. The van der Waals surface area contributed by atoms with E-state index in [1.54, 1.807) is 6.07 Å². The summed E-state index contributed by atoms with van der Waals surface area (Å²) in [7, 11) is 0. The number of halogens is 3. The SMILES string of the molecule is Cc1snnc1[C@@H](c1cccc(N2Cc3c(cc(C=O)cc3C(F)(F)F)C2=O)c1)C1CCC1. The van der Waals surface area contributed by atoms with E-state index in [0.717, 1.165) is 41.5 Å². The minimum Gasteiger partial charge on any atom is -0.304 e. The maximum atomic E-state index is 13.7. The lowest BCUT2D eigenvalue weighted by atomic mass is 9.71. The Balaban J connectivity index is 1.54. The molecule has 1 amide bonds. The number of aldehydes is 1. The average Bonchev–Trinajstić information content (AvgIpc) is 3.32. The van der Waals surface area contributed by atoms with Crippen LogP contribution in [0.2, 0.25) is 0 Å². The molecule has 2 aliphatic rings. The molecule has 3 aromatic rings. The fraction of sp³-hybridized carbons (Fsp3) is 0.333. The van der Waals surface area contributed by atoms with Gasteiger partial charge in [-0.1, -0.05) is 23.0 Å². The van der Waals surface area contributed by atoms with Crippen molar-refractivity contribution in [2.75, 3.05) is 4.90 Å². The molecule has 0 unspecified atom stereocenters. The van der Waals surface area contributed by atoms with E-state index in [-0.39, 0.29) is 29.2 Å². The van der Waals surface area contributed by atoms with Crippen LogP contribution in [0.1, 0.15) is 73.2 Å². The molecule has 0 N–H and O–H groups in total. The van der Waals surface area contributed by atoms with Crippen molar-refractivity contribution in [1.29, 1.82) is 0 Å². The maximum absolute atomic E-state index is 13.7. The molecule has 2 aromatic carbocycles. The molecule has 0 saturated heterocycles. The van der Waals surface area contributed by atoms with Gasteiger partial charge in [0.2, 0.25) is 0 Å². The van der Waals surface area contributed by atoms with Gasteiger partial charge in [-0.3, -0.25) is 9.59 Å². The minimum absolute atomic E-state index is 0.0323. The van der Waals surface area contributed by atoms with E-state index in [4.69, 9.17) is 0 Å². The van der Waals surface area contributed by atoms with E-state index in [0.29, 0.717) is 17.9 Å². The highest BCUT2D eigenvalue weighted by molar-refractivity contribution is 7.05. The zero-order chi connectivity index (χ0) is 23.3. The van der Waals surface area contributed by atoms with Gasteiger partial charge < -0.3 is 4.90 Å². The smallest absolute Gasteiger partial charge is 0.304 e. The molecule has 2 heterocycles. The zero-order valence-electron chi connectivity index (χ0n) is 17.7. The standard InChI is InChI=1S/C24H20F3N3O2S/c1-13-22(28-29-33-13)21(15-4-2-5-15)16-6-3-7-17(10-16)30-11-19-18(23(30)32)8-14(12-31)9-20(19)24(25,26)27/h3,6-10,12,15,21H,2,4-5,11H2,1H3/t21-/m1/s1. The first kappa shape index (κ1) is 21.8. The van der Waals surface area contributed by atoms with Gasteiger partial charge in [0.15, 0.2) is 0 Å². The number of anilines is 1. The van der Waals surface area contributed by atoms with Crippen molar-refractivity contribution in [3.8, 4) is 0 Å². The van der Waals surface area contributed by atoms with Crippen molar-refractivity contribution in [3.05, 3.63) is 74.8 Å². The lowest BCUT2D eigenvalue weighted by Gasteiger charge is -2.34. The van der Waals surface area contributed by atoms with Crippen LogP contribution in [0.4, 0.5) is 18.9 Å². The molecule has 170 valence electrons. The molecule has 1 saturated carbocycles. The molecular formula is C24H20F3N3O2S. The summed E-state index contributed by atoms with van der Waals surface area (Å²) >= 11 is 1.35. The number of carbonyl (C=O) groups is 2. The van der Waals surface area contributed by atoms with Gasteiger partial charge in [-0.2, -0.15) is 13.2 Å². The molecule has 0 bridgehead atoms. The van der Waals surface area contributed by atoms with Crippen LogP contribution in [0.15, 0.2) is 36.4 Å². The minimum atomic E-state index is -4.66. The van der Waals surface area contributed by atoms with E-state index in [2.05, 4.69) is 9.59 Å². The number of amides is 1. The summed E-state index contributed by atoms with van der Waals surface area (Å²) in [6.45, 7) is 1.79. The number of hydrogen-bond acceptors (Lipinski definition) is 5. The number of hydrogen-bond donors (Lipinski definition) is 0. The van der Waals surface area contributed by atoms with Gasteiger partial charge in [0.1, 0.15) is 6.29 Å². The number of carbonyl (C=O) groups excluding carboxylic acids is 2. The lowest BCUT2D eigenvalue weighted by molar-refractivity contribution is -0.138. The van der Waals surface area contributed by atoms with Crippen LogP contribution in [-0.2, 0) is 12.7 Å². The zero-order valence-corrected chi connectivity index (χ0v) is 18.5. The van der Waals surface area contributed by atoms with Gasteiger partial charge in [-0.25, -0.2) is 0 Å². The van der Waals surface area contributed by atoms with Gasteiger partial charge in [-0.05, 0) is 72.6 Å². The Morgan fingerprint density at radius 2 is 2.00 bits per heavy atom. The number of rotatable bonds is 5. The topological polar surface area (TPSA) is 63.2 Å². The van der Waals surface area contributed by atoms with E-state index < -0.39 is 17.6 Å². The second-order valence-corrected chi connectivity index (χ2v) is 9.54. The first-order valence-corrected chi connectivity index (χ1v) is 11.4. The molecule has 0 radical (unpaired) electrons. The number of nitrogens with zero attached hydrogens (tertiary/aromatic N) is 3. The van der Waals surface area contributed by atoms with E-state index >= 15 is 0 Å². The van der Waals surface area contributed by atoms with Gasteiger partial charge in [0.25, 0.3) is 5.91 Å². The summed E-state index contributed by atoms with van der Waals surface area (Å²) < 4.78 is 45.1. The Kier molecular flexibility index (Phi) is 5.31. The Morgan fingerprint density at radius 1 is 1.21 bits per heavy atom. The first-order chi connectivity index (χ1) is 15.8. The molecule has 9 heteroatoms. The van der Waals surface area contributed by atoms with Crippen molar-refractivity contribution >= 4 is 29.4 Å². The van der Waals surface area contributed by atoms with Crippen molar-refractivity contribution in [2.45, 2.75) is 44.8 Å². The first-order valence-electron chi connectivity index (χ1n) is 10.7. The van der Waals surface area contributed by atoms with Crippen molar-refractivity contribution in [2.24, 2.45) is 5.92 Å². The van der Waals surface area contributed by atoms with Crippen LogP contribution >= 0.6 is 11.5 Å². The van der Waals surface area contributed by atoms with E-state index in [9.17, 15) is 22.8 Å². The average molecular weight is 472 g/mol. The van der Waals surface area contributed by atoms with Crippen molar-refractivity contribution in [3.63, 3.8) is 0 Å². The lowest BCUT2D eigenvalue weighted by Crippen LogP contribution is -2.25. The van der Waals surface area contributed by atoms with Crippen LogP contribution in [-0.4, -0.2) is 21.8 Å². The number of benzene rings is 2. The van der Waals surface area contributed by atoms with Gasteiger partial charge in [0, 0.05) is 27.6 Å². The highest BCUT2D eigenvalue weighted by atomic mass is 32.1. The Morgan fingerprint density at radius 3 is 2.61 bits per heavy atom. The second-order valence-electron chi connectivity index (χ2n) is 8.58. The van der Waals surface area contributed by atoms with Crippen LogP contribution < -0.4 is 4.90 Å². The highest BCUT2D eigenvalue weighted by Gasteiger charge is 2.41. The molecule has 1 aliphatic carbocycles. The summed E-state index contributed by atoms with van der Waals surface area (Å²) in [4.78, 5) is 26.7. The quantitative estimate of drug-likeness (QED) is 0.443. The normalized spacial score (nSPS) is 17.1. The summed E-state index contributed by atoms with van der Waals surface area (Å²) in [6.07, 6.45) is -1.03. The Bertz CT molecular complexity index is 1250. The third-order valence-electron chi connectivity index (χ3n) is 6.65. The van der Waals surface area contributed by atoms with Crippen LogP contribution in [0, 0.1) is 12.8 Å². The van der Waals surface area contributed by atoms with Gasteiger partial charge >= 0.3 is 6.18 Å². The van der Waals surface area contributed by atoms with Crippen molar-refractivity contribution < 1.29 is 22.8 Å². The predicted octanol–water partition coefficient (Wildman–Crippen LogP) is 5.77. The van der Waals surface area contributed by atoms with E-state index in [1.165, 1.54) is 22.5 Å². The molecule has 1 aromatic heterocycles. The third-order valence-corrected chi connectivity index (χ3v) is 7.30. The molecule has 1 fully saturated rings. The fourth-order valence-electron chi connectivity index (χ4n) is 4.80. The predicted molar refractivity (Wildman–Crippen MR) is 118 cm³/mol. The monoisotopic (exact) mass is 471 g/mol. The molecule has 1 aliphatic heterocycles. The summed E-state index contributed by atoms with van der Waals surface area (Å²) in [5, 5.41) is 4.36. The number of aromatic nitrogens is 2. The number of alkyl halides is 3. The van der Waals surface area contributed by atoms with E-state index in [1.807, 2.05) is 25.1 Å². The molecular weight excluding hydrogens is 451 g/mol.